The van der Waals surface area contributed by atoms with E-state index in [9.17, 15) is 4.39 Å². The summed E-state index contributed by atoms with van der Waals surface area (Å²) in [5.41, 5.74) is 6.70. The highest BCUT2D eigenvalue weighted by molar-refractivity contribution is 6.34. The maximum Gasteiger partial charge on any atom is 0.131 e. The summed E-state index contributed by atoms with van der Waals surface area (Å²) in [5.74, 6) is -0.129. The molecule has 0 radical (unpaired) electrons. The van der Waals surface area contributed by atoms with Gasteiger partial charge in [0.05, 0.1) is 5.02 Å². The number of hydrogen-bond donors (Lipinski definition) is 1. The molecule has 2 nitrogen and oxygen atoms in total. The molecule has 0 aliphatic carbocycles. The number of pyridine rings is 1. The number of halogens is 3. The largest absolute Gasteiger partial charge is 0.383 e. The molecule has 5 heteroatoms. The molecular formula is C11H7Cl2FN2. The topological polar surface area (TPSA) is 38.9 Å². The SMILES string of the molecule is Nc1ncc(Cl)cc1-c1cc(F)ccc1Cl. The number of nitrogens with zero attached hydrogens (tertiary/aromatic N) is 1. The molecule has 2 aromatic rings. The average Bonchev–Trinajstić information content (AvgIpc) is 2.25. The monoisotopic (exact) mass is 256 g/mol. The normalized spacial score (nSPS) is 10.4. The van der Waals surface area contributed by atoms with Crippen molar-refractivity contribution in [1.82, 2.24) is 4.98 Å². The second kappa shape index (κ2) is 4.28. The van der Waals surface area contributed by atoms with Gasteiger partial charge in [-0.2, -0.15) is 0 Å². The van der Waals surface area contributed by atoms with Gasteiger partial charge < -0.3 is 5.73 Å². The van der Waals surface area contributed by atoms with Crippen molar-refractivity contribution in [2.45, 2.75) is 0 Å². The standard InChI is InChI=1S/C11H7Cl2FN2/c12-6-3-9(11(15)16-5-6)8-4-7(14)1-2-10(8)13/h1-5H,(H2,15,16). The van der Waals surface area contributed by atoms with E-state index in [1.54, 1.807) is 6.07 Å². The maximum atomic E-state index is 13.1. The van der Waals surface area contributed by atoms with Crippen LogP contribution in [0.15, 0.2) is 30.5 Å². The molecule has 1 heterocycles. The molecule has 0 saturated heterocycles. The van der Waals surface area contributed by atoms with E-state index in [0.717, 1.165) is 0 Å². The molecule has 1 aromatic carbocycles. The third-order valence-corrected chi connectivity index (χ3v) is 2.64. The molecule has 82 valence electrons. The summed E-state index contributed by atoms with van der Waals surface area (Å²) in [7, 11) is 0. The fourth-order valence-electron chi connectivity index (χ4n) is 1.37. The van der Waals surface area contributed by atoms with Gasteiger partial charge in [0.25, 0.3) is 0 Å². The average molecular weight is 257 g/mol. The summed E-state index contributed by atoms with van der Waals surface area (Å²) in [6.07, 6.45) is 1.42. The van der Waals surface area contributed by atoms with Gasteiger partial charge in [0, 0.05) is 22.3 Å². The Bertz CT molecular complexity index is 494. The molecule has 0 unspecified atom stereocenters. The first kappa shape index (κ1) is 11.2. The fourth-order valence-corrected chi connectivity index (χ4v) is 1.75. The molecule has 0 amide bonds. The minimum atomic E-state index is -0.390. The van der Waals surface area contributed by atoms with Crippen molar-refractivity contribution in [1.29, 1.82) is 0 Å². The first-order valence-electron chi connectivity index (χ1n) is 4.44. The molecule has 1 aromatic heterocycles. The number of aromatic nitrogens is 1. The second-order valence-corrected chi connectivity index (χ2v) is 4.05. The van der Waals surface area contributed by atoms with E-state index in [2.05, 4.69) is 4.98 Å². The molecule has 2 N–H and O–H groups in total. The van der Waals surface area contributed by atoms with E-state index in [0.29, 0.717) is 21.2 Å². The Kier molecular flexibility index (Phi) is 2.99. The number of benzene rings is 1. The molecule has 0 saturated carbocycles. The van der Waals surface area contributed by atoms with Crippen molar-refractivity contribution in [3.05, 3.63) is 46.3 Å². The summed E-state index contributed by atoms with van der Waals surface area (Å²) in [5, 5.41) is 0.821. The van der Waals surface area contributed by atoms with Crippen molar-refractivity contribution in [3.8, 4) is 11.1 Å². The van der Waals surface area contributed by atoms with Crippen LogP contribution in [0.25, 0.3) is 11.1 Å². The van der Waals surface area contributed by atoms with Crippen molar-refractivity contribution in [3.63, 3.8) is 0 Å². The molecule has 0 bridgehead atoms. The zero-order chi connectivity index (χ0) is 11.7. The van der Waals surface area contributed by atoms with Crippen molar-refractivity contribution in [2.24, 2.45) is 0 Å². The zero-order valence-electron chi connectivity index (χ0n) is 8.05. The highest BCUT2D eigenvalue weighted by Crippen LogP contribution is 2.33. The van der Waals surface area contributed by atoms with E-state index >= 15 is 0 Å². The lowest BCUT2D eigenvalue weighted by Gasteiger charge is -2.07. The van der Waals surface area contributed by atoms with E-state index in [1.807, 2.05) is 0 Å². The van der Waals surface area contributed by atoms with Crippen LogP contribution < -0.4 is 5.73 Å². The van der Waals surface area contributed by atoms with Gasteiger partial charge in [-0.1, -0.05) is 23.2 Å². The summed E-state index contributed by atoms with van der Waals surface area (Å²) in [6.45, 7) is 0. The van der Waals surface area contributed by atoms with Crippen LogP contribution in [-0.4, -0.2) is 4.98 Å². The van der Waals surface area contributed by atoms with Gasteiger partial charge in [-0.25, -0.2) is 9.37 Å². The smallest absolute Gasteiger partial charge is 0.131 e. The highest BCUT2D eigenvalue weighted by Gasteiger charge is 2.09. The molecule has 0 atom stereocenters. The van der Waals surface area contributed by atoms with Gasteiger partial charge in [0.15, 0.2) is 0 Å². The molecule has 0 fully saturated rings. The minimum Gasteiger partial charge on any atom is -0.383 e. The van der Waals surface area contributed by atoms with E-state index in [-0.39, 0.29) is 5.82 Å². The van der Waals surface area contributed by atoms with E-state index in [4.69, 9.17) is 28.9 Å². The second-order valence-electron chi connectivity index (χ2n) is 3.21. The van der Waals surface area contributed by atoms with Gasteiger partial charge in [-0.15, -0.1) is 0 Å². The third kappa shape index (κ3) is 2.10. The Balaban J connectivity index is 2.66. The van der Waals surface area contributed by atoms with Crippen LogP contribution in [0.5, 0.6) is 0 Å². The van der Waals surface area contributed by atoms with E-state index in [1.165, 1.54) is 24.4 Å². The molecular weight excluding hydrogens is 250 g/mol. The number of anilines is 1. The van der Waals surface area contributed by atoms with Crippen LogP contribution in [-0.2, 0) is 0 Å². The predicted molar refractivity (Wildman–Crippen MR) is 64.1 cm³/mol. The van der Waals surface area contributed by atoms with Gasteiger partial charge >= 0.3 is 0 Å². The Morgan fingerprint density at radius 1 is 1.12 bits per heavy atom. The molecule has 2 rings (SSSR count). The Hall–Kier alpha value is -1.32. The number of nitrogens with two attached hydrogens (primary N) is 1. The highest BCUT2D eigenvalue weighted by atomic mass is 35.5. The number of nitrogen functional groups attached to an aromatic ring is 1. The van der Waals surface area contributed by atoms with Crippen LogP contribution in [0.1, 0.15) is 0 Å². The van der Waals surface area contributed by atoms with Gasteiger partial charge in [-0.05, 0) is 24.3 Å². The van der Waals surface area contributed by atoms with Gasteiger partial charge in [0.1, 0.15) is 11.6 Å². The van der Waals surface area contributed by atoms with Crippen molar-refractivity contribution >= 4 is 29.0 Å². The van der Waals surface area contributed by atoms with Crippen LogP contribution >= 0.6 is 23.2 Å². The lowest BCUT2D eigenvalue weighted by Crippen LogP contribution is -1.94. The van der Waals surface area contributed by atoms with Gasteiger partial charge in [0.2, 0.25) is 0 Å². The van der Waals surface area contributed by atoms with Crippen LogP contribution in [0.3, 0.4) is 0 Å². The third-order valence-electron chi connectivity index (χ3n) is 2.10. The molecule has 0 aliphatic heterocycles. The molecule has 0 spiro atoms. The minimum absolute atomic E-state index is 0.261. The first-order chi connectivity index (χ1) is 7.58. The lowest BCUT2D eigenvalue weighted by atomic mass is 10.1. The fraction of sp³-hybridized carbons (Fsp3) is 0. The van der Waals surface area contributed by atoms with Crippen molar-refractivity contribution in [2.75, 3.05) is 5.73 Å². The Morgan fingerprint density at radius 3 is 2.62 bits per heavy atom. The summed E-state index contributed by atoms with van der Waals surface area (Å²) in [6, 6.07) is 5.64. The van der Waals surface area contributed by atoms with Gasteiger partial charge in [-0.3, -0.25) is 0 Å². The van der Waals surface area contributed by atoms with Crippen LogP contribution in [0.4, 0.5) is 10.2 Å². The Labute approximate surface area is 102 Å². The summed E-state index contributed by atoms with van der Waals surface area (Å²) >= 11 is 11.8. The predicted octanol–water partition coefficient (Wildman–Crippen LogP) is 3.78. The maximum absolute atomic E-state index is 13.1. The summed E-state index contributed by atoms with van der Waals surface area (Å²) < 4.78 is 13.1. The van der Waals surface area contributed by atoms with Crippen LogP contribution in [0.2, 0.25) is 10.0 Å². The lowest BCUT2D eigenvalue weighted by molar-refractivity contribution is 0.628. The molecule has 0 aliphatic rings. The number of rotatable bonds is 1. The zero-order valence-corrected chi connectivity index (χ0v) is 9.56. The number of hydrogen-bond acceptors (Lipinski definition) is 2. The van der Waals surface area contributed by atoms with E-state index < -0.39 is 5.82 Å². The molecule has 16 heavy (non-hydrogen) atoms. The summed E-state index contributed by atoms with van der Waals surface area (Å²) in [4.78, 5) is 3.89. The first-order valence-corrected chi connectivity index (χ1v) is 5.20. The Morgan fingerprint density at radius 2 is 1.88 bits per heavy atom. The quantitative estimate of drug-likeness (QED) is 0.844. The van der Waals surface area contributed by atoms with Crippen LogP contribution in [0, 0.1) is 5.82 Å². The van der Waals surface area contributed by atoms with Crippen molar-refractivity contribution < 1.29 is 4.39 Å².